The molecule has 1 N–H and O–H groups in total. The molecule has 0 aromatic heterocycles. The van der Waals surface area contributed by atoms with E-state index in [0.717, 1.165) is 25.1 Å². The molecule has 2 nitrogen and oxygen atoms in total. The normalized spacial score (nSPS) is 21.9. The largest absolute Gasteiger partial charge is 0.316 e. The van der Waals surface area contributed by atoms with E-state index in [-0.39, 0.29) is 11.7 Å². The van der Waals surface area contributed by atoms with Gasteiger partial charge in [-0.15, -0.1) is 0 Å². The average molecular weight is 258 g/mol. The van der Waals surface area contributed by atoms with Gasteiger partial charge in [0.1, 0.15) is 5.78 Å². The molecular formula is C12H13Cl2NO. The Morgan fingerprint density at radius 2 is 2.06 bits per heavy atom. The number of benzene rings is 1. The molecule has 0 radical (unpaired) electrons. The minimum atomic E-state index is -0.0835. The summed E-state index contributed by atoms with van der Waals surface area (Å²) in [5.41, 5.74) is 0.903. The van der Waals surface area contributed by atoms with Crippen molar-refractivity contribution in [3.05, 3.63) is 33.8 Å². The van der Waals surface area contributed by atoms with Crippen LogP contribution in [0, 0.1) is 0 Å². The molecule has 1 saturated heterocycles. The fourth-order valence-electron chi connectivity index (χ4n) is 2.03. The van der Waals surface area contributed by atoms with Gasteiger partial charge in [0, 0.05) is 28.9 Å². The van der Waals surface area contributed by atoms with Gasteiger partial charge in [-0.05, 0) is 30.7 Å². The van der Waals surface area contributed by atoms with E-state index in [1.165, 1.54) is 0 Å². The topological polar surface area (TPSA) is 29.1 Å². The van der Waals surface area contributed by atoms with Crippen molar-refractivity contribution in [3.8, 4) is 0 Å². The zero-order chi connectivity index (χ0) is 11.5. The van der Waals surface area contributed by atoms with E-state index < -0.39 is 0 Å². The molecule has 0 spiro atoms. The van der Waals surface area contributed by atoms with Crippen molar-refractivity contribution in [2.45, 2.75) is 18.8 Å². The quantitative estimate of drug-likeness (QED) is 0.838. The second-order valence-corrected chi connectivity index (χ2v) is 4.82. The lowest BCUT2D eigenvalue weighted by molar-refractivity contribution is -0.120. The van der Waals surface area contributed by atoms with Gasteiger partial charge in [-0.1, -0.05) is 29.3 Å². The molecule has 4 heteroatoms. The Bertz CT molecular complexity index is 406. The maximum Gasteiger partial charge on any atom is 0.141 e. The minimum Gasteiger partial charge on any atom is -0.316 e. The van der Waals surface area contributed by atoms with Gasteiger partial charge in [-0.2, -0.15) is 0 Å². The van der Waals surface area contributed by atoms with E-state index in [0.29, 0.717) is 16.5 Å². The molecule has 2 rings (SSSR count). The summed E-state index contributed by atoms with van der Waals surface area (Å²) in [7, 11) is 0. The van der Waals surface area contributed by atoms with Gasteiger partial charge in [0.25, 0.3) is 0 Å². The second kappa shape index (κ2) is 5.17. The van der Waals surface area contributed by atoms with Crippen LogP contribution in [0.3, 0.4) is 0 Å². The number of carbonyl (C=O) groups excluding carboxylic acids is 1. The van der Waals surface area contributed by atoms with Crippen LogP contribution in [0.15, 0.2) is 18.2 Å². The molecule has 16 heavy (non-hydrogen) atoms. The Labute approximate surface area is 105 Å². The van der Waals surface area contributed by atoms with Crippen LogP contribution in [0.2, 0.25) is 10.0 Å². The number of ketones is 1. The lowest BCUT2D eigenvalue weighted by atomic mass is 9.91. The van der Waals surface area contributed by atoms with Gasteiger partial charge < -0.3 is 5.32 Å². The third-order valence-electron chi connectivity index (χ3n) is 2.88. The van der Waals surface area contributed by atoms with Crippen molar-refractivity contribution < 1.29 is 4.79 Å². The summed E-state index contributed by atoms with van der Waals surface area (Å²) >= 11 is 12.0. The smallest absolute Gasteiger partial charge is 0.141 e. The van der Waals surface area contributed by atoms with Crippen molar-refractivity contribution in [2.24, 2.45) is 0 Å². The fourth-order valence-corrected chi connectivity index (χ4v) is 2.57. The summed E-state index contributed by atoms with van der Waals surface area (Å²) in [6.45, 7) is 1.62. The molecule has 1 aliphatic heterocycles. The van der Waals surface area contributed by atoms with E-state index in [4.69, 9.17) is 23.2 Å². The Hall–Kier alpha value is -0.570. The molecule has 1 aliphatic rings. The number of nitrogens with one attached hydrogen (secondary N) is 1. The van der Waals surface area contributed by atoms with Crippen molar-refractivity contribution in [2.75, 3.05) is 13.1 Å². The summed E-state index contributed by atoms with van der Waals surface area (Å²) in [6.07, 6.45) is 1.38. The Morgan fingerprint density at radius 1 is 1.25 bits per heavy atom. The number of rotatable bonds is 1. The van der Waals surface area contributed by atoms with Crippen LogP contribution in [0.4, 0.5) is 0 Å². The molecule has 0 saturated carbocycles. The Kier molecular flexibility index (Phi) is 3.85. The average Bonchev–Trinajstić information content (AvgIpc) is 2.44. The van der Waals surface area contributed by atoms with Gasteiger partial charge in [-0.3, -0.25) is 4.79 Å². The highest BCUT2D eigenvalue weighted by molar-refractivity contribution is 6.35. The van der Waals surface area contributed by atoms with Crippen molar-refractivity contribution in [3.63, 3.8) is 0 Å². The van der Waals surface area contributed by atoms with E-state index in [1.807, 2.05) is 6.07 Å². The molecule has 1 atom stereocenters. The number of Topliss-reactive ketones (excluding diaryl/α,β-unsaturated/α-hetero) is 1. The molecule has 0 bridgehead atoms. The summed E-state index contributed by atoms with van der Waals surface area (Å²) in [5.74, 6) is 0.175. The van der Waals surface area contributed by atoms with Crippen LogP contribution in [0.5, 0.6) is 0 Å². The highest BCUT2D eigenvalue weighted by Gasteiger charge is 2.24. The van der Waals surface area contributed by atoms with E-state index in [1.54, 1.807) is 12.1 Å². The lowest BCUT2D eigenvalue weighted by Crippen LogP contribution is -2.13. The molecule has 0 aliphatic carbocycles. The van der Waals surface area contributed by atoms with E-state index in [2.05, 4.69) is 5.32 Å². The molecule has 1 unspecified atom stereocenters. The third kappa shape index (κ3) is 2.57. The molecule has 86 valence electrons. The first-order valence-corrected chi connectivity index (χ1v) is 6.12. The van der Waals surface area contributed by atoms with Crippen LogP contribution in [-0.4, -0.2) is 18.9 Å². The Balaban J connectivity index is 2.30. The fraction of sp³-hybridized carbons (Fsp3) is 0.417. The van der Waals surface area contributed by atoms with Crippen molar-refractivity contribution in [1.29, 1.82) is 0 Å². The molecular weight excluding hydrogens is 245 g/mol. The minimum absolute atomic E-state index is 0.0835. The lowest BCUT2D eigenvalue weighted by Gasteiger charge is -2.14. The van der Waals surface area contributed by atoms with Crippen LogP contribution in [0.1, 0.15) is 24.3 Å². The predicted octanol–water partition coefficient (Wildman–Crippen LogP) is 3.03. The first-order valence-electron chi connectivity index (χ1n) is 5.37. The zero-order valence-electron chi connectivity index (χ0n) is 8.80. The summed E-state index contributed by atoms with van der Waals surface area (Å²) in [5, 5.41) is 4.41. The van der Waals surface area contributed by atoms with Gasteiger partial charge in [0.05, 0.1) is 0 Å². The second-order valence-electron chi connectivity index (χ2n) is 3.97. The standard InChI is InChI=1S/C12H13Cl2NO/c13-8-1-2-9(11(14)7-8)10-3-5-15-6-4-12(10)16/h1-2,7,10,15H,3-6H2. The van der Waals surface area contributed by atoms with Gasteiger partial charge in [-0.25, -0.2) is 0 Å². The summed E-state index contributed by atoms with van der Waals surface area (Å²) in [6, 6.07) is 5.34. The third-order valence-corrected chi connectivity index (χ3v) is 3.45. The van der Waals surface area contributed by atoms with Crippen LogP contribution >= 0.6 is 23.2 Å². The Morgan fingerprint density at radius 3 is 2.81 bits per heavy atom. The molecule has 0 amide bonds. The predicted molar refractivity (Wildman–Crippen MR) is 66.3 cm³/mol. The van der Waals surface area contributed by atoms with Crippen LogP contribution in [0.25, 0.3) is 0 Å². The van der Waals surface area contributed by atoms with Crippen molar-refractivity contribution >= 4 is 29.0 Å². The first-order chi connectivity index (χ1) is 7.68. The SMILES string of the molecule is O=C1CCNCCC1c1ccc(Cl)cc1Cl. The zero-order valence-corrected chi connectivity index (χ0v) is 10.3. The number of hydrogen-bond donors (Lipinski definition) is 1. The number of carbonyl (C=O) groups is 1. The van der Waals surface area contributed by atoms with E-state index >= 15 is 0 Å². The number of hydrogen-bond acceptors (Lipinski definition) is 2. The summed E-state index contributed by atoms with van der Waals surface area (Å²) < 4.78 is 0. The number of halogens is 2. The van der Waals surface area contributed by atoms with E-state index in [9.17, 15) is 4.79 Å². The maximum atomic E-state index is 11.9. The van der Waals surface area contributed by atoms with Gasteiger partial charge in [0.15, 0.2) is 0 Å². The summed E-state index contributed by atoms with van der Waals surface area (Å²) in [4.78, 5) is 11.9. The van der Waals surface area contributed by atoms with Crippen LogP contribution in [-0.2, 0) is 4.79 Å². The molecule has 1 aromatic rings. The highest BCUT2D eigenvalue weighted by atomic mass is 35.5. The van der Waals surface area contributed by atoms with Gasteiger partial charge in [0.2, 0.25) is 0 Å². The monoisotopic (exact) mass is 257 g/mol. The van der Waals surface area contributed by atoms with Crippen LogP contribution < -0.4 is 5.32 Å². The first kappa shape index (κ1) is 11.9. The highest BCUT2D eigenvalue weighted by Crippen LogP contribution is 2.31. The van der Waals surface area contributed by atoms with Crippen molar-refractivity contribution in [1.82, 2.24) is 5.32 Å². The molecule has 1 fully saturated rings. The molecule has 1 heterocycles. The van der Waals surface area contributed by atoms with Gasteiger partial charge >= 0.3 is 0 Å². The maximum absolute atomic E-state index is 11.9. The molecule has 1 aromatic carbocycles.